The monoisotopic (exact) mass is 259 g/mol. The van der Waals surface area contributed by atoms with E-state index in [1.54, 1.807) is 4.90 Å². The van der Waals surface area contributed by atoms with Crippen molar-refractivity contribution in [2.75, 3.05) is 32.1 Å². The number of anilines is 1. The van der Waals surface area contributed by atoms with Crippen molar-refractivity contribution in [3.63, 3.8) is 0 Å². The van der Waals surface area contributed by atoms with Gasteiger partial charge in [0.25, 0.3) is 0 Å². The van der Waals surface area contributed by atoms with Crippen molar-refractivity contribution in [2.24, 2.45) is 5.73 Å². The van der Waals surface area contributed by atoms with Gasteiger partial charge in [-0.1, -0.05) is 12.1 Å². The molecule has 0 radical (unpaired) electrons. The highest BCUT2D eigenvalue weighted by atomic mass is 16.2. The molecule has 2 heterocycles. The van der Waals surface area contributed by atoms with Crippen LogP contribution < -0.4 is 10.6 Å². The Morgan fingerprint density at radius 3 is 2.84 bits per heavy atom. The van der Waals surface area contributed by atoms with Gasteiger partial charge in [-0.15, -0.1) is 0 Å². The molecule has 2 atom stereocenters. The number of hydrogen-bond donors (Lipinski definition) is 1. The van der Waals surface area contributed by atoms with Gasteiger partial charge >= 0.3 is 0 Å². The average Bonchev–Trinajstić information content (AvgIpc) is 2.64. The molecular weight excluding hydrogens is 238 g/mol. The molecule has 0 spiro atoms. The SMILES string of the molecule is CN1CCC(c2ccc3c(c2)CC(=O)N3C)C(N)C1. The van der Waals surface area contributed by atoms with Gasteiger partial charge in [-0.25, -0.2) is 0 Å². The molecule has 1 fully saturated rings. The number of likely N-dealkylation sites (N-methyl/N-ethyl adjacent to an activating group) is 2. The maximum atomic E-state index is 11.7. The van der Waals surface area contributed by atoms with Crippen molar-refractivity contribution < 1.29 is 4.79 Å². The number of piperidine rings is 1. The van der Waals surface area contributed by atoms with Gasteiger partial charge in [-0.2, -0.15) is 0 Å². The Bertz CT molecular complexity index is 514. The lowest BCUT2D eigenvalue weighted by molar-refractivity contribution is -0.117. The van der Waals surface area contributed by atoms with Crippen LogP contribution in [0.2, 0.25) is 0 Å². The summed E-state index contributed by atoms with van der Waals surface area (Å²) in [5.74, 6) is 0.599. The lowest BCUT2D eigenvalue weighted by Gasteiger charge is -2.35. The standard InChI is InChI=1S/C15H21N3O/c1-17-6-5-12(13(16)9-17)10-3-4-14-11(7-10)8-15(19)18(14)2/h3-4,7,12-13H,5-6,8-9,16H2,1-2H3. The highest BCUT2D eigenvalue weighted by molar-refractivity contribution is 6.00. The van der Waals surface area contributed by atoms with Crippen LogP contribution in [-0.2, 0) is 11.2 Å². The maximum absolute atomic E-state index is 11.7. The number of carbonyl (C=O) groups excluding carboxylic acids is 1. The van der Waals surface area contributed by atoms with E-state index >= 15 is 0 Å². The molecule has 0 aromatic heterocycles. The molecule has 1 amide bonds. The fourth-order valence-electron chi connectivity index (χ4n) is 3.29. The summed E-state index contributed by atoms with van der Waals surface area (Å²) in [4.78, 5) is 15.7. The van der Waals surface area contributed by atoms with Gasteiger partial charge in [-0.05, 0) is 37.2 Å². The molecule has 2 aliphatic rings. The van der Waals surface area contributed by atoms with Crippen LogP contribution in [0.15, 0.2) is 18.2 Å². The predicted molar refractivity (Wildman–Crippen MR) is 76.4 cm³/mol. The molecule has 102 valence electrons. The minimum atomic E-state index is 0.180. The Kier molecular flexibility index (Phi) is 3.07. The molecule has 2 aliphatic heterocycles. The average molecular weight is 259 g/mol. The zero-order valence-corrected chi connectivity index (χ0v) is 11.6. The van der Waals surface area contributed by atoms with E-state index in [1.807, 2.05) is 7.05 Å². The second-order valence-electron chi connectivity index (χ2n) is 5.84. The Morgan fingerprint density at radius 2 is 2.11 bits per heavy atom. The fourth-order valence-corrected chi connectivity index (χ4v) is 3.29. The van der Waals surface area contributed by atoms with Crippen molar-refractivity contribution in [3.05, 3.63) is 29.3 Å². The predicted octanol–water partition coefficient (Wildman–Crippen LogP) is 0.952. The van der Waals surface area contributed by atoms with E-state index in [2.05, 4.69) is 30.1 Å². The third-order valence-electron chi connectivity index (χ3n) is 4.47. The van der Waals surface area contributed by atoms with Crippen LogP contribution in [0.1, 0.15) is 23.5 Å². The molecular formula is C15H21N3O. The van der Waals surface area contributed by atoms with Crippen molar-refractivity contribution in [2.45, 2.75) is 24.8 Å². The van der Waals surface area contributed by atoms with E-state index in [0.29, 0.717) is 12.3 Å². The van der Waals surface area contributed by atoms with Gasteiger partial charge in [0.2, 0.25) is 5.91 Å². The molecule has 0 saturated carbocycles. The van der Waals surface area contributed by atoms with E-state index in [0.717, 1.165) is 30.8 Å². The Hall–Kier alpha value is -1.39. The normalized spacial score (nSPS) is 27.7. The van der Waals surface area contributed by atoms with Gasteiger partial charge in [-0.3, -0.25) is 4.79 Å². The van der Waals surface area contributed by atoms with Crippen LogP contribution in [0.5, 0.6) is 0 Å². The fraction of sp³-hybridized carbons (Fsp3) is 0.533. The number of benzene rings is 1. The van der Waals surface area contributed by atoms with Gasteiger partial charge in [0.15, 0.2) is 0 Å². The largest absolute Gasteiger partial charge is 0.326 e. The third-order valence-corrected chi connectivity index (χ3v) is 4.47. The van der Waals surface area contributed by atoms with Crippen molar-refractivity contribution in [1.82, 2.24) is 4.90 Å². The Labute approximate surface area is 114 Å². The van der Waals surface area contributed by atoms with Crippen LogP contribution in [0, 0.1) is 0 Å². The van der Waals surface area contributed by atoms with Gasteiger partial charge < -0.3 is 15.5 Å². The molecule has 2 unspecified atom stereocenters. The summed E-state index contributed by atoms with van der Waals surface area (Å²) < 4.78 is 0. The van der Waals surface area contributed by atoms with Crippen molar-refractivity contribution in [3.8, 4) is 0 Å². The third kappa shape index (κ3) is 2.15. The molecule has 1 aromatic carbocycles. The molecule has 0 aliphatic carbocycles. The second-order valence-corrected chi connectivity index (χ2v) is 5.84. The first-order valence-corrected chi connectivity index (χ1v) is 6.90. The number of rotatable bonds is 1. The maximum Gasteiger partial charge on any atom is 0.231 e. The quantitative estimate of drug-likeness (QED) is 0.817. The zero-order chi connectivity index (χ0) is 13.6. The van der Waals surface area contributed by atoms with Crippen LogP contribution in [0.4, 0.5) is 5.69 Å². The summed E-state index contributed by atoms with van der Waals surface area (Å²) in [5.41, 5.74) is 9.78. The molecule has 19 heavy (non-hydrogen) atoms. The van der Waals surface area contributed by atoms with E-state index in [-0.39, 0.29) is 11.9 Å². The molecule has 4 heteroatoms. The number of likely N-dealkylation sites (tertiary alicyclic amines) is 1. The topological polar surface area (TPSA) is 49.6 Å². The number of nitrogens with zero attached hydrogens (tertiary/aromatic N) is 2. The Morgan fingerprint density at radius 1 is 1.32 bits per heavy atom. The lowest BCUT2D eigenvalue weighted by atomic mass is 9.85. The van der Waals surface area contributed by atoms with Crippen LogP contribution in [-0.4, -0.2) is 44.0 Å². The van der Waals surface area contributed by atoms with Crippen LogP contribution in [0.3, 0.4) is 0 Å². The highest BCUT2D eigenvalue weighted by Gasteiger charge is 2.29. The number of fused-ring (bicyclic) bond motifs is 1. The second kappa shape index (κ2) is 4.62. The Balaban J connectivity index is 1.87. The summed E-state index contributed by atoms with van der Waals surface area (Å²) in [6.45, 7) is 2.04. The number of carbonyl (C=O) groups is 1. The van der Waals surface area contributed by atoms with Gasteiger partial charge in [0, 0.05) is 31.2 Å². The molecule has 1 aromatic rings. The van der Waals surface area contributed by atoms with E-state index in [4.69, 9.17) is 5.73 Å². The van der Waals surface area contributed by atoms with Gasteiger partial charge in [0.1, 0.15) is 0 Å². The number of amides is 1. The van der Waals surface area contributed by atoms with Crippen molar-refractivity contribution >= 4 is 11.6 Å². The number of nitrogens with two attached hydrogens (primary N) is 1. The first kappa shape index (κ1) is 12.6. The first-order valence-electron chi connectivity index (χ1n) is 6.90. The summed E-state index contributed by atoms with van der Waals surface area (Å²) in [6, 6.07) is 6.59. The van der Waals surface area contributed by atoms with E-state index in [1.165, 1.54) is 5.56 Å². The summed E-state index contributed by atoms with van der Waals surface area (Å²) >= 11 is 0. The molecule has 2 N–H and O–H groups in total. The first-order chi connectivity index (χ1) is 9.06. The smallest absolute Gasteiger partial charge is 0.231 e. The summed E-state index contributed by atoms with van der Waals surface area (Å²) in [7, 11) is 3.96. The zero-order valence-electron chi connectivity index (χ0n) is 11.6. The van der Waals surface area contributed by atoms with Gasteiger partial charge in [0.05, 0.1) is 6.42 Å². The molecule has 3 rings (SSSR count). The summed E-state index contributed by atoms with van der Waals surface area (Å²) in [6.07, 6.45) is 1.63. The molecule has 4 nitrogen and oxygen atoms in total. The number of hydrogen-bond acceptors (Lipinski definition) is 3. The van der Waals surface area contributed by atoms with Crippen LogP contribution in [0.25, 0.3) is 0 Å². The molecule has 1 saturated heterocycles. The minimum Gasteiger partial charge on any atom is -0.326 e. The summed E-state index contributed by atoms with van der Waals surface area (Å²) in [5, 5.41) is 0. The molecule has 0 bridgehead atoms. The van der Waals surface area contributed by atoms with Crippen molar-refractivity contribution in [1.29, 1.82) is 0 Å². The highest BCUT2D eigenvalue weighted by Crippen LogP contribution is 2.33. The van der Waals surface area contributed by atoms with E-state index in [9.17, 15) is 4.79 Å². The van der Waals surface area contributed by atoms with E-state index < -0.39 is 0 Å². The minimum absolute atomic E-state index is 0.180. The lowest BCUT2D eigenvalue weighted by Crippen LogP contribution is -2.45. The van der Waals surface area contributed by atoms with Crippen LogP contribution >= 0.6 is 0 Å².